The Hall–Kier alpha value is -2.74. The Morgan fingerprint density at radius 1 is 1.10 bits per heavy atom. The topological polar surface area (TPSA) is 54.3 Å². The Bertz CT molecular complexity index is 710. The Morgan fingerprint density at radius 2 is 1.90 bits per heavy atom. The van der Waals surface area contributed by atoms with E-state index < -0.39 is 5.82 Å². The zero-order chi connectivity index (χ0) is 14.7. The van der Waals surface area contributed by atoms with E-state index in [-0.39, 0.29) is 5.56 Å². The maximum atomic E-state index is 13.6. The largest absolute Gasteiger partial charge is 0.490 e. The van der Waals surface area contributed by atoms with E-state index in [1.165, 1.54) is 6.07 Å². The summed E-state index contributed by atoms with van der Waals surface area (Å²) in [4.78, 5) is 0. The molecule has 0 unspecified atom stereocenters. The average Bonchev–Trinajstić information content (AvgIpc) is 2.72. The number of fused-ring (bicyclic) bond motifs is 1. The smallest absolute Gasteiger partial charge is 0.163 e. The Balaban J connectivity index is 1.91. The van der Waals surface area contributed by atoms with Crippen LogP contribution in [-0.4, -0.2) is 13.2 Å². The number of nitrogens with one attached hydrogen (secondary N) is 1. The van der Waals surface area contributed by atoms with E-state index in [2.05, 4.69) is 5.32 Å². The summed E-state index contributed by atoms with van der Waals surface area (Å²) in [5, 5.41) is 12.1. The van der Waals surface area contributed by atoms with Crippen molar-refractivity contribution in [3.63, 3.8) is 0 Å². The maximum Gasteiger partial charge on any atom is 0.163 e. The van der Waals surface area contributed by atoms with Crippen molar-refractivity contribution < 1.29 is 13.9 Å². The lowest BCUT2D eigenvalue weighted by molar-refractivity contribution is 0.297. The summed E-state index contributed by atoms with van der Waals surface area (Å²) in [5.74, 6) is 0.794. The predicted octanol–water partition coefficient (Wildman–Crippen LogP) is 3.60. The Morgan fingerprint density at radius 3 is 2.71 bits per heavy atom. The van der Waals surface area contributed by atoms with E-state index in [1.54, 1.807) is 30.3 Å². The second kappa shape index (κ2) is 5.71. The van der Waals surface area contributed by atoms with E-state index >= 15 is 0 Å². The Kier molecular flexibility index (Phi) is 3.61. The van der Waals surface area contributed by atoms with Gasteiger partial charge in [-0.05, 0) is 24.3 Å². The molecule has 1 aliphatic rings. The fourth-order valence-electron chi connectivity index (χ4n) is 2.14. The summed E-state index contributed by atoms with van der Waals surface area (Å²) in [6.45, 7) is 1.22. The van der Waals surface area contributed by atoms with Crippen LogP contribution in [0.3, 0.4) is 0 Å². The van der Waals surface area contributed by atoms with Gasteiger partial charge in [0.2, 0.25) is 0 Å². The second-order valence-corrected chi connectivity index (χ2v) is 4.61. The van der Waals surface area contributed by atoms with Gasteiger partial charge in [-0.3, -0.25) is 0 Å². The molecule has 2 aromatic rings. The summed E-state index contributed by atoms with van der Waals surface area (Å²) in [6, 6.07) is 11.7. The normalized spacial score (nSPS) is 13.1. The average molecular weight is 284 g/mol. The van der Waals surface area contributed by atoms with Gasteiger partial charge in [0, 0.05) is 18.2 Å². The van der Waals surface area contributed by atoms with Crippen LogP contribution in [-0.2, 0) is 0 Å². The lowest BCUT2D eigenvalue weighted by Crippen LogP contribution is -1.98. The van der Waals surface area contributed by atoms with Gasteiger partial charge in [-0.2, -0.15) is 5.26 Å². The van der Waals surface area contributed by atoms with Crippen molar-refractivity contribution in [2.45, 2.75) is 6.42 Å². The van der Waals surface area contributed by atoms with Gasteiger partial charge < -0.3 is 14.8 Å². The number of benzene rings is 2. The molecule has 0 saturated carbocycles. The molecule has 0 aliphatic carbocycles. The van der Waals surface area contributed by atoms with Gasteiger partial charge in [0.1, 0.15) is 17.4 Å². The molecule has 0 aromatic heterocycles. The molecular formula is C16H13FN2O2. The molecule has 106 valence electrons. The van der Waals surface area contributed by atoms with E-state index in [0.29, 0.717) is 36.1 Å². The molecule has 0 saturated heterocycles. The highest BCUT2D eigenvalue weighted by molar-refractivity contribution is 5.68. The van der Waals surface area contributed by atoms with E-state index in [0.717, 1.165) is 6.42 Å². The highest BCUT2D eigenvalue weighted by Gasteiger charge is 2.12. The number of halogens is 1. The second-order valence-electron chi connectivity index (χ2n) is 4.61. The van der Waals surface area contributed by atoms with Crippen molar-refractivity contribution in [3.05, 3.63) is 47.8 Å². The van der Waals surface area contributed by atoms with Crippen molar-refractivity contribution in [3.8, 4) is 17.6 Å². The van der Waals surface area contributed by atoms with Crippen LogP contribution < -0.4 is 14.8 Å². The first-order chi connectivity index (χ1) is 10.3. The zero-order valence-corrected chi connectivity index (χ0v) is 11.2. The number of rotatable bonds is 2. The number of nitrogens with zero attached hydrogens (tertiary/aromatic N) is 1. The summed E-state index contributed by atoms with van der Waals surface area (Å²) >= 11 is 0. The lowest BCUT2D eigenvalue weighted by Gasteiger charge is -2.12. The molecule has 1 N–H and O–H groups in total. The monoisotopic (exact) mass is 284 g/mol. The molecule has 0 fully saturated rings. The minimum atomic E-state index is -0.545. The van der Waals surface area contributed by atoms with Gasteiger partial charge in [-0.25, -0.2) is 4.39 Å². The fraction of sp³-hybridized carbons (Fsp3) is 0.188. The van der Waals surface area contributed by atoms with Crippen molar-refractivity contribution >= 4 is 11.4 Å². The number of hydrogen-bond donors (Lipinski definition) is 1. The van der Waals surface area contributed by atoms with Gasteiger partial charge >= 0.3 is 0 Å². The first-order valence-corrected chi connectivity index (χ1v) is 6.63. The van der Waals surface area contributed by atoms with E-state index in [9.17, 15) is 4.39 Å². The Labute approximate surface area is 121 Å². The number of ether oxygens (including phenoxy) is 2. The van der Waals surface area contributed by atoms with Crippen molar-refractivity contribution in [1.82, 2.24) is 0 Å². The van der Waals surface area contributed by atoms with Gasteiger partial charge in [-0.1, -0.05) is 6.07 Å². The zero-order valence-electron chi connectivity index (χ0n) is 11.2. The fourth-order valence-corrected chi connectivity index (χ4v) is 2.14. The molecule has 0 spiro atoms. The molecule has 0 atom stereocenters. The van der Waals surface area contributed by atoms with Crippen LogP contribution in [0.25, 0.3) is 0 Å². The first kappa shape index (κ1) is 13.3. The van der Waals surface area contributed by atoms with Crippen LogP contribution in [0.4, 0.5) is 15.8 Å². The lowest BCUT2D eigenvalue weighted by atomic mass is 10.1. The van der Waals surface area contributed by atoms with E-state index in [1.807, 2.05) is 6.07 Å². The molecule has 1 heterocycles. The minimum Gasteiger partial charge on any atom is -0.490 e. The minimum absolute atomic E-state index is 0.00962. The highest BCUT2D eigenvalue weighted by Crippen LogP contribution is 2.33. The molecule has 0 radical (unpaired) electrons. The molecule has 21 heavy (non-hydrogen) atoms. The van der Waals surface area contributed by atoms with Crippen LogP contribution in [0.5, 0.6) is 11.5 Å². The van der Waals surface area contributed by atoms with Crippen LogP contribution in [0.15, 0.2) is 36.4 Å². The van der Waals surface area contributed by atoms with Gasteiger partial charge in [0.25, 0.3) is 0 Å². The summed E-state index contributed by atoms with van der Waals surface area (Å²) in [5.41, 5.74) is 1.12. The third-order valence-electron chi connectivity index (χ3n) is 3.15. The van der Waals surface area contributed by atoms with Crippen molar-refractivity contribution in [2.75, 3.05) is 18.5 Å². The summed E-state index contributed by atoms with van der Waals surface area (Å²) < 4.78 is 24.7. The van der Waals surface area contributed by atoms with Crippen LogP contribution >= 0.6 is 0 Å². The van der Waals surface area contributed by atoms with Crippen LogP contribution in [0.1, 0.15) is 12.0 Å². The molecule has 4 nitrogen and oxygen atoms in total. The van der Waals surface area contributed by atoms with Gasteiger partial charge in [-0.15, -0.1) is 0 Å². The third-order valence-corrected chi connectivity index (χ3v) is 3.15. The van der Waals surface area contributed by atoms with Crippen LogP contribution in [0, 0.1) is 17.1 Å². The van der Waals surface area contributed by atoms with Crippen LogP contribution in [0.2, 0.25) is 0 Å². The molecule has 2 aromatic carbocycles. The number of hydrogen-bond acceptors (Lipinski definition) is 4. The molecule has 0 bridgehead atoms. The summed E-state index contributed by atoms with van der Waals surface area (Å²) in [6.07, 6.45) is 0.833. The quantitative estimate of drug-likeness (QED) is 0.915. The number of anilines is 2. The summed E-state index contributed by atoms with van der Waals surface area (Å²) in [7, 11) is 0. The highest BCUT2D eigenvalue weighted by atomic mass is 19.1. The first-order valence-electron chi connectivity index (χ1n) is 6.63. The molecular weight excluding hydrogens is 271 g/mol. The number of nitriles is 1. The molecule has 0 amide bonds. The predicted molar refractivity (Wildman–Crippen MR) is 76.4 cm³/mol. The maximum absolute atomic E-state index is 13.6. The van der Waals surface area contributed by atoms with Crippen molar-refractivity contribution in [1.29, 1.82) is 5.26 Å². The van der Waals surface area contributed by atoms with E-state index in [4.69, 9.17) is 14.7 Å². The molecule has 3 rings (SSSR count). The standard InChI is InChI=1S/C16H13FN2O2/c17-13-3-1-4-14(12(13)10-18)19-11-5-6-15-16(9-11)21-8-2-7-20-15/h1,3-6,9,19H,2,7-8H2. The molecule has 1 aliphatic heterocycles. The van der Waals surface area contributed by atoms with Gasteiger partial charge in [0.05, 0.1) is 18.9 Å². The van der Waals surface area contributed by atoms with Crippen molar-refractivity contribution in [2.24, 2.45) is 0 Å². The third kappa shape index (κ3) is 2.75. The molecule has 5 heteroatoms. The van der Waals surface area contributed by atoms with Gasteiger partial charge in [0.15, 0.2) is 11.5 Å². The SMILES string of the molecule is N#Cc1c(F)cccc1Nc1ccc2c(c1)OCCCO2.